The fraction of sp³-hybridized carbons (Fsp3) is 0.333. The molecule has 22 heavy (non-hydrogen) atoms. The number of tetrazole rings is 1. The van der Waals surface area contributed by atoms with Gasteiger partial charge in [-0.05, 0) is 35.4 Å². The summed E-state index contributed by atoms with van der Waals surface area (Å²) in [4.78, 5) is 12.2. The minimum atomic E-state index is -0.285. The minimum Gasteiger partial charge on any atom is -0.371 e. The van der Waals surface area contributed by atoms with E-state index in [-0.39, 0.29) is 12.0 Å². The minimum absolute atomic E-state index is 0.000672. The molecule has 4 rings (SSSR count). The Bertz CT molecular complexity index is 824. The molecule has 9 nitrogen and oxygen atoms in total. The number of nitrogens with zero attached hydrogens (tertiary/aromatic N) is 6. The number of pyridine rings is 1. The number of carbonyl (C=O) groups excluding carboxylic acids is 1. The Hall–Kier alpha value is -2.46. The van der Waals surface area contributed by atoms with Crippen LogP contribution in [0, 0.1) is 0 Å². The number of hydrogen-bond acceptors (Lipinski definition) is 8. The van der Waals surface area contributed by atoms with E-state index in [1.165, 1.54) is 15.9 Å². The van der Waals surface area contributed by atoms with Crippen molar-refractivity contribution >= 4 is 28.0 Å². The van der Waals surface area contributed by atoms with Gasteiger partial charge in [0.25, 0.3) is 5.91 Å². The van der Waals surface area contributed by atoms with Crippen molar-refractivity contribution in [2.24, 2.45) is 0 Å². The standard InChI is InChI=1S/C12H11N7O2S/c20-10(7-3-4-9-14-17-18-19(9)6-7)13-12-16-15-11(22-12)8-2-1-5-21-8/h3-4,6,8H,1-2,5H2,(H,13,16,20). The van der Waals surface area contributed by atoms with Crippen LogP contribution in [0.3, 0.4) is 0 Å². The zero-order valence-corrected chi connectivity index (χ0v) is 12.2. The molecule has 1 amide bonds. The first-order valence-electron chi connectivity index (χ1n) is 6.74. The molecule has 0 radical (unpaired) electrons. The van der Waals surface area contributed by atoms with Crippen molar-refractivity contribution in [1.82, 2.24) is 30.2 Å². The van der Waals surface area contributed by atoms with Gasteiger partial charge < -0.3 is 4.74 Å². The van der Waals surface area contributed by atoms with Crippen LogP contribution in [0.25, 0.3) is 5.65 Å². The number of rotatable bonds is 3. The summed E-state index contributed by atoms with van der Waals surface area (Å²) >= 11 is 1.33. The molecule has 1 saturated heterocycles. The maximum atomic E-state index is 12.2. The van der Waals surface area contributed by atoms with Crippen molar-refractivity contribution in [3.05, 3.63) is 28.9 Å². The highest BCUT2D eigenvalue weighted by Gasteiger charge is 2.22. The van der Waals surface area contributed by atoms with Crippen LogP contribution in [0.1, 0.15) is 34.3 Å². The third-order valence-electron chi connectivity index (χ3n) is 3.32. The molecule has 1 aliphatic rings. The Morgan fingerprint density at radius 1 is 1.36 bits per heavy atom. The lowest BCUT2D eigenvalue weighted by Crippen LogP contribution is -2.12. The average Bonchev–Trinajstić information content (AvgIpc) is 3.27. The van der Waals surface area contributed by atoms with E-state index < -0.39 is 0 Å². The molecule has 1 fully saturated rings. The van der Waals surface area contributed by atoms with E-state index in [0.717, 1.165) is 24.5 Å². The molecule has 3 aromatic rings. The van der Waals surface area contributed by atoms with Crippen molar-refractivity contribution in [3.8, 4) is 0 Å². The largest absolute Gasteiger partial charge is 0.371 e. The van der Waals surface area contributed by atoms with Gasteiger partial charge in [-0.25, -0.2) is 0 Å². The van der Waals surface area contributed by atoms with E-state index in [0.29, 0.717) is 16.3 Å². The first-order valence-corrected chi connectivity index (χ1v) is 7.55. The second kappa shape index (κ2) is 5.39. The van der Waals surface area contributed by atoms with Crippen molar-refractivity contribution < 1.29 is 9.53 Å². The predicted molar refractivity (Wildman–Crippen MR) is 76.6 cm³/mol. The summed E-state index contributed by atoms with van der Waals surface area (Å²) in [5.74, 6) is -0.285. The average molecular weight is 317 g/mol. The molecule has 0 saturated carbocycles. The van der Waals surface area contributed by atoms with E-state index >= 15 is 0 Å². The summed E-state index contributed by atoms with van der Waals surface area (Å²) in [5, 5.41) is 23.1. The first-order chi connectivity index (χ1) is 10.8. The van der Waals surface area contributed by atoms with Gasteiger partial charge in [0.15, 0.2) is 5.65 Å². The van der Waals surface area contributed by atoms with E-state index in [4.69, 9.17) is 4.74 Å². The Morgan fingerprint density at radius 2 is 2.32 bits per heavy atom. The normalized spacial score (nSPS) is 17.9. The Morgan fingerprint density at radius 3 is 3.18 bits per heavy atom. The molecule has 3 aromatic heterocycles. The van der Waals surface area contributed by atoms with Crippen LogP contribution in [-0.4, -0.2) is 42.8 Å². The monoisotopic (exact) mass is 317 g/mol. The summed E-state index contributed by atoms with van der Waals surface area (Å²) in [7, 11) is 0. The summed E-state index contributed by atoms with van der Waals surface area (Å²) in [6, 6.07) is 3.33. The Labute approximate surface area is 128 Å². The second-order valence-corrected chi connectivity index (χ2v) is 5.81. The maximum Gasteiger partial charge on any atom is 0.259 e. The smallest absolute Gasteiger partial charge is 0.259 e. The number of hydrogen-bond donors (Lipinski definition) is 1. The second-order valence-electron chi connectivity index (χ2n) is 4.80. The lowest BCUT2D eigenvalue weighted by atomic mass is 10.2. The van der Waals surface area contributed by atoms with E-state index in [1.807, 2.05) is 0 Å². The van der Waals surface area contributed by atoms with Gasteiger partial charge >= 0.3 is 0 Å². The third kappa shape index (κ3) is 2.42. The number of aromatic nitrogens is 6. The van der Waals surface area contributed by atoms with Gasteiger partial charge in [0.05, 0.1) is 5.56 Å². The van der Waals surface area contributed by atoms with Crippen LogP contribution in [-0.2, 0) is 4.74 Å². The fourth-order valence-corrected chi connectivity index (χ4v) is 3.05. The zero-order valence-electron chi connectivity index (χ0n) is 11.3. The number of ether oxygens (including phenoxy) is 1. The summed E-state index contributed by atoms with van der Waals surface area (Å²) in [6.07, 6.45) is 3.53. The predicted octanol–water partition coefficient (Wildman–Crippen LogP) is 1.08. The Kier molecular flexibility index (Phi) is 3.24. The number of fused-ring (bicyclic) bond motifs is 1. The topological polar surface area (TPSA) is 107 Å². The van der Waals surface area contributed by atoms with Crippen molar-refractivity contribution in [1.29, 1.82) is 0 Å². The molecule has 10 heteroatoms. The van der Waals surface area contributed by atoms with E-state index in [1.54, 1.807) is 18.3 Å². The molecule has 0 aliphatic carbocycles. The highest BCUT2D eigenvalue weighted by Crippen LogP contribution is 2.31. The lowest BCUT2D eigenvalue weighted by Gasteiger charge is -2.02. The molecular formula is C12H11N7O2S. The van der Waals surface area contributed by atoms with Crippen LogP contribution in [0.15, 0.2) is 18.3 Å². The van der Waals surface area contributed by atoms with Crippen molar-refractivity contribution in [2.75, 3.05) is 11.9 Å². The van der Waals surface area contributed by atoms with Gasteiger partial charge in [-0.1, -0.05) is 11.3 Å². The van der Waals surface area contributed by atoms with E-state index in [9.17, 15) is 4.79 Å². The first kappa shape index (κ1) is 13.2. The van der Waals surface area contributed by atoms with Crippen LogP contribution in [0.2, 0.25) is 0 Å². The maximum absolute atomic E-state index is 12.2. The van der Waals surface area contributed by atoms with Gasteiger partial charge in [0.2, 0.25) is 5.13 Å². The molecule has 1 aliphatic heterocycles. The molecule has 1 unspecified atom stereocenters. The van der Waals surface area contributed by atoms with Crippen LogP contribution in [0.5, 0.6) is 0 Å². The van der Waals surface area contributed by atoms with Gasteiger partial charge in [-0.2, -0.15) is 4.52 Å². The van der Waals surface area contributed by atoms with Gasteiger partial charge in [-0.3, -0.25) is 10.1 Å². The van der Waals surface area contributed by atoms with Crippen molar-refractivity contribution in [2.45, 2.75) is 18.9 Å². The number of carbonyl (C=O) groups is 1. The molecule has 4 heterocycles. The number of anilines is 1. The van der Waals surface area contributed by atoms with Crippen LogP contribution >= 0.6 is 11.3 Å². The van der Waals surface area contributed by atoms with Gasteiger partial charge in [-0.15, -0.1) is 15.3 Å². The number of amides is 1. The molecule has 1 atom stereocenters. The third-order valence-corrected chi connectivity index (χ3v) is 4.25. The lowest BCUT2D eigenvalue weighted by molar-refractivity contribution is 0.102. The molecule has 0 aromatic carbocycles. The van der Waals surface area contributed by atoms with Crippen molar-refractivity contribution in [3.63, 3.8) is 0 Å². The summed E-state index contributed by atoms with van der Waals surface area (Å²) in [6.45, 7) is 0.748. The molecule has 1 N–H and O–H groups in total. The van der Waals surface area contributed by atoms with Crippen LogP contribution < -0.4 is 5.32 Å². The molecule has 0 bridgehead atoms. The van der Waals surface area contributed by atoms with Gasteiger partial charge in [0, 0.05) is 12.8 Å². The summed E-state index contributed by atoms with van der Waals surface area (Å²) in [5.41, 5.74) is 1.02. The van der Waals surface area contributed by atoms with E-state index in [2.05, 4.69) is 31.0 Å². The SMILES string of the molecule is O=C(Nc1nnc(C2CCCO2)s1)c1ccc2nnnn2c1. The number of nitrogens with one attached hydrogen (secondary N) is 1. The molecule has 0 spiro atoms. The quantitative estimate of drug-likeness (QED) is 0.770. The zero-order chi connectivity index (χ0) is 14.9. The molecule has 112 valence electrons. The highest BCUT2D eigenvalue weighted by atomic mass is 32.1. The van der Waals surface area contributed by atoms with Gasteiger partial charge in [0.1, 0.15) is 11.1 Å². The Balaban J connectivity index is 1.51. The fourth-order valence-electron chi connectivity index (χ4n) is 2.23. The highest BCUT2D eigenvalue weighted by molar-refractivity contribution is 7.15. The summed E-state index contributed by atoms with van der Waals surface area (Å²) < 4.78 is 6.99. The van der Waals surface area contributed by atoms with Crippen LogP contribution in [0.4, 0.5) is 5.13 Å². The molecular weight excluding hydrogens is 306 g/mol.